The first-order valence-corrected chi connectivity index (χ1v) is 9.99. The average Bonchev–Trinajstić information content (AvgIpc) is 3.27. The van der Waals surface area contributed by atoms with Gasteiger partial charge in [0.1, 0.15) is 0 Å². The average molecular weight is 388 g/mol. The second kappa shape index (κ2) is 8.43. The molecular weight excluding hydrogens is 364 g/mol. The third kappa shape index (κ3) is 4.08. The van der Waals surface area contributed by atoms with Gasteiger partial charge in [-0.15, -0.1) is 10.2 Å². The van der Waals surface area contributed by atoms with Crippen LogP contribution in [0.3, 0.4) is 0 Å². The lowest BCUT2D eigenvalue weighted by Crippen LogP contribution is -2.35. The summed E-state index contributed by atoms with van der Waals surface area (Å²) in [5.74, 6) is 0.679. The van der Waals surface area contributed by atoms with Crippen LogP contribution in [0, 0.1) is 0 Å². The van der Waals surface area contributed by atoms with E-state index in [9.17, 15) is 9.59 Å². The number of rotatable bonds is 7. The molecular formula is C18H24N6O2S. The fourth-order valence-electron chi connectivity index (χ4n) is 3.02. The maximum Gasteiger partial charge on any atom is 0.324 e. The molecule has 1 fully saturated rings. The van der Waals surface area contributed by atoms with Crippen molar-refractivity contribution in [1.82, 2.24) is 25.0 Å². The fourth-order valence-corrected chi connectivity index (χ4v) is 3.80. The van der Waals surface area contributed by atoms with Crippen LogP contribution in [0.1, 0.15) is 13.8 Å². The third-order valence-corrected chi connectivity index (χ3v) is 5.58. The molecule has 1 aromatic carbocycles. The van der Waals surface area contributed by atoms with Gasteiger partial charge in [0.25, 0.3) is 0 Å². The van der Waals surface area contributed by atoms with E-state index in [0.717, 1.165) is 24.5 Å². The maximum atomic E-state index is 12.2. The Morgan fingerprint density at radius 1 is 1.22 bits per heavy atom. The molecule has 3 rings (SSSR count). The van der Waals surface area contributed by atoms with E-state index in [4.69, 9.17) is 0 Å². The number of hydrogen-bond donors (Lipinski definition) is 1. The predicted octanol–water partition coefficient (Wildman–Crippen LogP) is 1.97. The van der Waals surface area contributed by atoms with Crippen LogP contribution in [0.25, 0.3) is 11.4 Å². The highest BCUT2D eigenvalue weighted by molar-refractivity contribution is 7.99. The number of aromatic nitrogens is 3. The smallest absolute Gasteiger partial charge is 0.324 e. The summed E-state index contributed by atoms with van der Waals surface area (Å²) in [5, 5.41) is 11.7. The van der Waals surface area contributed by atoms with Gasteiger partial charge in [-0.1, -0.05) is 11.8 Å². The van der Waals surface area contributed by atoms with Crippen molar-refractivity contribution in [3.05, 3.63) is 24.3 Å². The normalized spacial score (nSPS) is 13.7. The Balaban J connectivity index is 1.68. The summed E-state index contributed by atoms with van der Waals surface area (Å²) in [6, 6.07) is 7.91. The molecule has 3 amide bonds. The van der Waals surface area contributed by atoms with Crippen LogP contribution >= 0.6 is 11.8 Å². The minimum Gasteiger partial charge on any atom is -0.372 e. The summed E-state index contributed by atoms with van der Waals surface area (Å²) in [6.07, 6.45) is 0. The van der Waals surface area contributed by atoms with Crippen LogP contribution in [-0.4, -0.2) is 63.5 Å². The Morgan fingerprint density at radius 3 is 2.52 bits per heavy atom. The molecule has 1 aliphatic rings. The molecule has 1 aromatic heterocycles. The number of hydrogen-bond acceptors (Lipinski definition) is 6. The lowest BCUT2D eigenvalue weighted by atomic mass is 10.2. The van der Waals surface area contributed by atoms with Crippen molar-refractivity contribution < 1.29 is 9.59 Å². The Morgan fingerprint density at radius 2 is 1.93 bits per heavy atom. The van der Waals surface area contributed by atoms with Crippen LogP contribution < -0.4 is 10.2 Å². The molecule has 0 unspecified atom stereocenters. The summed E-state index contributed by atoms with van der Waals surface area (Å²) >= 11 is 1.28. The van der Waals surface area contributed by atoms with E-state index in [2.05, 4.69) is 46.4 Å². The fraction of sp³-hybridized carbons (Fsp3) is 0.444. The van der Waals surface area contributed by atoms with E-state index in [-0.39, 0.29) is 17.7 Å². The molecule has 8 nitrogen and oxygen atoms in total. The lowest BCUT2D eigenvalue weighted by Gasteiger charge is -2.21. The number of urea groups is 1. The zero-order valence-electron chi connectivity index (χ0n) is 15.8. The highest BCUT2D eigenvalue weighted by Crippen LogP contribution is 2.25. The molecule has 9 heteroatoms. The zero-order chi connectivity index (χ0) is 19.4. The molecule has 2 aromatic rings. The standard InChI is InChI=1S/C18H24N6O2S/c1-4-23(5-2)14-8-6-13(7-9-14)16-20-21-18(22(16)3)27-12-15(25)24-11-10-19-17(24)26/h6-9H,4-5,10-12H2,1-3H3,(H,19,26). The van der Waals surface area contributed by atoms with Crippen LogP contribution in [0.2, 0.25) is 0 Å². The minimum atomic E-state index is -0.326. The first kappa shape index (κ1) is 19.2. The first-order chi connectivity index (χ1) is 13.0. The van der Waals surface area contributed by atoms with E-state index in [1.807, 2.05) is 23.7 Å². The van der Waals surface area contributed by atoms with Crippen LogP contribution in [0.5, 0.6) is 0 Å². The lowest BCUT2D eigenvalue weighted by molar-refractivity contribution is -0.124. The van der Waals surface area contributed by atoms with Gasteiger partial charge < -0.3 is 14.8 Å². The van der Waals surface area contributed by atoms with Crippen LogP contribution in [-0.2, 0) is 11.8 Å². The van der Waals surface area contributed by atoms with Gasteiger partial charge in [-0.25, -0.2) is 4.79 Å². The monoisotopic (exact) mass is 388 g/mol. The van der Waals surface area contributed by atoms with Crippen molar-refractivity contribution in [3.63, 3.8) is 0 Å². The SMILES string of the molecule is CCN(CC)c1ccc(-c2nnc(SCC(=O)N3CCNC3=O)n2C)cc1. The Hall–Kier alpha value is -2.55. The van der Waals surface area contributed by atoms with E-state index in [1.165, 1.54) is 22.3 Å². The van der Waals surface area contributed by atoms with Gasteiger partial charge in [0.15, 0.2) is 11.0 Å². The molecule has 2 heterocycles. The molecule has 1 saturated heterocycles. The zero-order valence-corrected chi connectivity index (χ0v) is 16.6. The van der Waals surface area contributed by atoms with Crippen molar-refractivity contribution in [3.8, 4) is 11.4 Å². The van der Waals surface area contributed by atoms with Gasteiger partial charge in [-0.05, 0) is 38.1 Å². The summed E-state index contributed by atoms with van der Waals surface area (Å²) < 4.78 is 1.87. The van der Waals surface area contributed by atoms with E-state index in [1.54, 1.807) is 0 Å². The van der Waals surface area contributed by atoms with Crippen molar-refractivity contribution in [1.29, 1.82) is 0 Å². The quantitative estimate of drug-likeness (QED) is 0.730. The second-order valence-electron chi connectivity index (χ2n) is 6.15. The maximum absolute atomic E-state index is 12.2. The predicted molar refractivity (Wildman–Crippen MR) is 106 cm³/mol. The molecule has 0 bridgehead atoms. The van der Waals surface area contributed by atoms with Gasteiger partial charge in [0.05, 0.1) is 5.75 Å². The number of nitrogens with zero attached hydrogens (tertiary/aromatic N) is 5. The van der Waals surface area contributed by atoms with E-state index in [0.29, 0.717) is 18.2 Å². The van der Waals surface area contributed by atoms with Crippen molar-refractivity contribution in [2.24, 2.45) is 7.05 Å². The summed E-state index contributed by atoms with van der Waals surface area (Å²) in [7, 11) is 1.88. The van der Waals surface area contributed by atoms with Crippen molar-refractivity contribution in [2.75, 3.05) is 36.8 Å². The highest BCUT2D eigenvalue weighted by atomic mass is 32.2. The highest BCUT2D eigenvalue weighted by Gasteiger charge is 2.26. The topological polar surface area (TPSA) is 83.4 Å². The molecule has 1 N–H and O–H groups in total. The summed E-state index contributed by atoms with van der Waals surface area (Å²) in [6.45, 7) is 7.12. The number of nitrogens with one attached hydrogen (secondary N) is 1. The number of benzene rings is 1. The van der Waals surface area contributed by atoms with Crippen molar-refractivity contribution >= 4 is 29.4 Å². The molecule has 27 heavy (non-hydrogen) atoms. The van der Waals surface area contributed by atoms with Crippen LogP contribution in [0.4, 0.5) is 10.5 Å². The summed E-state index contributed by atoms with van der Waals surface area (Å²) in [4.78, 5) is 27.2. The Labute approximate surface area is 162 Å². The number of amides is 3. The number of carbonyl (C=O) groups excluding carboxylic acids is 2. The summed E-state index contributed by atoms with van der Waals surface area (Å²) in [5.41, 5.74) is 2.15. The molecule has 0 spiro atoms. The van der Waals surface area contributed by atoms with Gasteiger partial charge in [-0.2, -0.15) is 0 Å². The van der Waals surface area contributed by atoms with Crippen molar-refractivity contribution in [2.45, 2.75) is 19.0 Å². The molecule has 0 radical (unpaired) electrons. The van der Waals surface area contributed by atoms with Gasteiger partial charge >= 0.3 is 6.03 Å². The molecule has 144 valence electrons. The van der Waals surface area contributed by atoms with Gasteiger partial charge in [-0.3, -0.25) is 9.69 Å². The largest absolute Gasteiger partial charge is 0.372 e. The molecule has 0 aliphatic carbocycles. The second-order valence-corrected chi connectivity index (χ2v) is 7.09. The molecule has 0 saturated carbocycles. The third-order valence-electron chi connectivity index (χ3n) is 4.57. The number of imide groups is 1. The minimum absolute atomic E-state index is 0.153. The van der Waals surface area contributed by atoms with E-state index >= 15 is 0 Å². The molecule has 1 aliphatic heterocycles. The van der Waals surface area contributed by atoms with Crippen LogP contribution in [0.15, 0.2) is 29.4 Å². The number of carbonyl (C=O) groups is 2. The van der Waals surface area contributed by atoms with Gasteiger partial charge in [0.2, 0.25) is 5.91 Å². The first-order valence-electron chi connectivity index (χ1n) is 9.00. The van der Waals surface area contributed by atoms with E-state index < -0.39 is 0 Å². The Kier molecular flexibility index (Phi) is 6.00. The Bertz CT molecular complexity index is 816. The number of thioether (sulfide) groups is 1. The molecule has 0 atom stereocenters. The number of anilines is 1. The van der Waals surface area contributed by atoms with Gasteiger partial charge in [0, 0.05) is 44.5 Å².